The predicted molar refractivity (Wildman–Crippen MR) is 21.6 cm³/mol. The number of hydrogen-bond donors (Lipinski definition) is 1. The molecular weight excluding hydrogens is 101 g/mol. The first-order valence-electron chi connectivity index (χ1n) is 0.204. The van der Waals surface area contributed by atoms with Gasteiger partial charge in [-0.1, -0.05) is 0 Å². The SMILES string of the molecule is N=S.S.[H-].[Na+]. The monoisotopic (exact) mass is 105 g/mol. The molecule has 0 atom stereocenters. The summed E-state index contributed by atoms with van der Waals surface area (Å²) in [5.41, 5.74) is 0. The Bertz CT molecular complexity index is 9.61. The molecule has 0 saturated heterocycles. The van der Waals surface area contributed by atoms with Crippen LogP contribution in [0.25, 0.3) is 0 Å². The van der Waals surface area contributed by atoms with Gasteiger partial charge in [-0.05, 0) is 0 Å². The number of rotatable bonds is 0. The smallest absolute Gasteiger partial charge is 1.00 e. The van der Waals surface area contributed by atoms with Crippen LogP contribution < -0.4 is 29.6 Å². The van der Waals surface area contributed by atoms with E-state index in [0.29, 0.717) is 0 Å². The Morgan fingerprint density at radius 3 is 1.50 bits per heavy atom. The topological polar surface area (TPSA) is 23.9 Å². The van der Waals surface area contributed by atoms with E-state index in [1.165, 1.54) is 0 Å². The molecule has 4 heavy (non-hydrogen) atoms. The van der Waals surface area contributed by atoms with Crippen LogP contribution >= 0.6 is 13.5 Å². The van der Waals surface area contributed by atoms with Gasteiger partial charge in [-0.25, -0.2) is 4.78 Å². The van der Waals surface area contributed by atoms with Crippen molar-refractivity contribution >= 4 is 25.9 Å². The fourth-order valence-electron chi connectivity index (χ4n) is 0. The summed E-state index contributed by atoms with van der Waals surface area (Å²) >= 11 is 3.33. The van der Waals surface area contributed by atoms with Gasteiger partial charge in [0, 0.05) is 12.4 Å². The average molecular weight is 105 g/mol. The molecule has 1 nitrogen and oxygen atoms in total. The van der Waals surface area contributed by atoms with Crippen molar-refractivity contribution in [1.82, 2.24) is 0 Å². The van der Waals surface area contributed by atoms with Crippen LogP contribution in [0.5, 0.6) is 0 Å². The van der Waals surface area contributed by atoms with E-state index in [0.717, 1.165) is 0 Å². The Hall–Kier alpha value is 1.37. The third kappa shape index (κ3) is 10.1. The third-order valence-electron chi connectivity index (χ3n) is 0. The summed E-state index contributed by atoms with van der Waals surface area (Å²) in [6, 6.07) is 0. The molecule has 0 unspecified atom stereocenters. The second-order valence-corrected chi connectivity index (χ2v) is 0. The van der Waals surface area contributed by atoms with Crippen molar-refractivity contribution in [2.45, 2.75) is 0 Å². The maximum absolute atomic E-state index is 5.33. The van der Waals surface area contributed by atoms with Gasteiger partial charge in [0.2, 0.25) is 0 Å². The first-order chi connectivity index (χ1) is 1.00. The zero-order valence-electron chi connectivity index (χ0n) is 3.41. The van der Waals surface area contributed by atoms with Gasteiger partial charge >= 0.3 is 29.6 Å². The molecule has 0 rings (SSSR count). The van der Waals surface area contributed by atoms with Crippen molar-refractivity contribution in [2.75, 3.05) is 0 Å². The first-order valence-corrected chi connectivity index (χ1v) is 0.612. The maximum Gasteiger partial charge on any atom is 1.00 e. The molecule has 4 heteroatoms. The molecule has 1 N–H and O–H groups in total. The Morgan fingerprint density at radius 1 is 1.50 bits per heavy atom. The molecule has 0 aliphatic heterocycles. The van der Waals surface area contributed by atoms with E-state index in [4.69, 9.17) is 4.78 Å². The van der Waals surface area contributed by atoms with Crippen molar-refractivity contribution in [2.24, 2.45) is 0 Å². The van der Waals surface area contributed by atoms with E-state index in [1.807, 2.05) is 0 Å². The van der Waals surface area contributed by atoms with Crippen molar-refractivity contribution in [3.05, 3.63) is 0 Å². The molecular formula is H4NNaS2. The zero-order valence-corrected chi connectivity index (χ0v) is 6.22. The third-order valence-corrected chi connectivity index (χ3v) is 0. The Morgan fingerprint density at radius 2 is 1.50 bits per heavy atom. The van der Waals surface area contributed by atoms with Crippen LogP contribution in [-0.4, -0.2) is 0 Å². The summed E-state index contributed by atoms with van der Waals surface area (Å²) in [4.78, 5) is 0. The molecule has 0 saturated carbocycles. The normalized spacial score (nSPS) is 1.00. The van der Waals surface area contributed by atoms with Crippen LogP contribution in [0.2, 0.25) is 0 Å². The molecule has 0 heterocycles. The number of hydrogen-bond acceptors (Lipinski definition) is 2. The van der Waals surface area contributed by atoms with Crippen molar-refractivity contribution in [3.63, 3.8) is 0 Å². The fraction of sp³-hybridized carbons (Fsp3) is 0. The summed E-state index contributed by atoms with van der Waals surface area (Å²) in [5.74, 6) is 0. The molecule has 0 aromatic carbocycles. The summed E-state index contributed by atoms with van der Waals surface area (Å²) in [6.45, 7) is 0. The molecule has 0 radical (unpaired) electrons. The van der Waals surface area contributed by atoms with Crippen LogP contribution in [0, 0.1) is 4.78 Å². The van der Waals surface area contributed by atoms with Crippen LogP contribution in [0.3, 0.4) is 0 Å². The standard InChI is InChI=1S/HNS.Na.H2S.H/c1-2;;;/h1H;;1H2;/q;+1;;-1. The Kier molecular flexibility index (Phi) is 121. The van der Waals surface area contributed by atoms with Crippen molar-refractivity contribution < 1.29 is 31.0 Å². The van der Waals surface area contributed by atoms with Gasteiger partial charge < -0.3 is 1.43 Å². The van der Waals surface area contributed by atoms with Gasteiger partial charge in [0.25, 0.3) is 0 Å². The summed E-state index contributed by atoms with van der Waals surface area (Å²) in [7, 11) is 0. The van der Waals surface area contributed by atoms with E-state index in [-0.39, 0.29) is 44.5 Å². The zero-order chi connectivity index (χ0) is 2.00. The molecule has 0 aromatic rings. The minimum atomic E-state index is 0. The molecule has 0 bridgehead atoms. The molecule has 22 valence electrons. The van der Waals surface area contributed by atoms with Crippen LogP contribution in [-0.2, 0) is 12.4 Å². The molecule has 0 aliphatic rings. The Labute approximate surface area is 61.3 Å². The molecule has 0 fully saturated rings. The summed E-state index contributed by atoms with van der Waals surface area (Å²) < 4.78 is 5.33. The van der Waals surface area contributed by atoms with Gasteiger partial charge in [0.05, 0.1) is 0 Å². The van der Waals surface area contributed by atoms with E-state index < -0.39 is 0 Å². The van der Waals surface area contributed by atoms with Crippen molar-refractivity contribution in [3.8, 4) is 0 Å². The Balaban J connectivity index is -0.00000000167. The van der Waals surface area contributed by atoms with Gasteiger partial charge in [0.1, 0.15) is 0 Å². The molecule has 0 aromatic heterocycles. The van der Waals surface area contributed by atoms with Crippen LogP contribution in [0.1, 0.15) is 1.43 Å². The van der Waals surface area contributed by atoms with E-state index in [1.54, 1.807) is 0 Å². The minimum absolute atomic E-state index is 0. The quantitative estimate of drug-likeness (QED) is 0.339. The van der Waals surface area contributed by atoms with Gasteiger partial charge in [-0.2, -0.15) is 13.5 Å². The number of nitrogens with one attached hydrogen (secondary N) is 1. The first kappa shape index (κ1) is 18.3. The van der Waals surface area contributed by atoms with Gasteiger partial charge in [-0.3, -0.25) is 0 Å². The average Bonchev–Trinajstić information content (AvgIpc) is 1.00. The van der Waals surface area contributed by atoms with Crippen LogP contribution in [0.15, 0.2) is 0 Å². The molecule has 0 amide bonds. The van der Waals surface area contributed by atoms with Gasteiger partial charge in [0.15, 0.2) is 0 Å². The molecule has 0 aliphatic carbocycles. The minimum Gasteiger partial charge on any atom is -1.00 e. The van der Waals surface area contributed by atoms with Crippen LogP contribution in [0.4, 0.5) is 0 Å². The summed E-state index contributed by atoms with van der Waals surface area (Å²) in [6.07, 6.45) is 0. The second-order valence-electron chi connectivity index (χ2n) is 0. The largest absolute Gasteiger partial charge is 1.00 e. The van der Waals surface area contributed by atoms with Crippen molar-refractivity contribution in [1.29, 1.82) is 4.78 Å². The van der Waals surface area contributed by atoms with E-state index in [2.05, 4.69) is 12.4 Å². The summed E-state index contributed by atoms with van der Waals surface area (Å²) in [5, 5.41) is 0. The predicted octanol–water partition coefficient (Wildman–Crippen LogP) is -2.48. The van der Waals surface area contributed by atoms with E-state index >= 15 is 0 Å². The molecule has 0 spiro atoms. The van der Waals surface area contributed by atoms with Gasteiger partial charge in [-0.15, -0.1) is 0 Å². The second kappa shape index (κ2) is 26.4. The fourth-order valence-corrected chi connectivity index (χ4v) is 0. The maximum atomic E-state index is 5.33. The van der Waals surface area contributed by atoms with E-state index in [9.17, 15) is 0 Å².